The lowest BCUT2D eigenvalue weighted by atomic mass is 10.1. The van der Waals surface area contributed by atoms with Gasteiger partial charge in [0.15, 0.2) is 23.0 Å². The summed E-state index contributed by atoms with van der Waals surface area (Å²) in [6.45, 7) is 1.18. The zero-order valence-electron chi connectivity index (χ0n) is 16.3. The lowest BCUT2D eigenvalue weighted by molar-refractivity contribution is 0.173. The summed E-state index contributed by atoms with van der Waals surface area (Å²) < 4.78 is 26.7. The Bertz CT molecular complexity index is 1180. The third-order valence-corrected chi connectivity index (χ3v) is 5.46. The summed E-state index contributed by atoms with van der Waals surface area (Å²) >= 11 is 0. The van der Waals surface area contributed by atoms with Gasteiger partial charge >= 0.3 is 0 Å². The Morgan fingerprint density at radius 3 is 2.10 bits per heavy atom. The number of amidine groups is 1. The minimum Gasteiger partial charge on any atom is -0.454 e. The van der Waals surface area contributed by atoms with Gasteiger partial charge in [0.2, 0.25) is 25.2 Å². The first kappa shape index (κ1) is 17.8. The van der Waals surface area contributed by atoms with E-state index in [1.165, 1.54) is 0 Å². The second kappa shape index (κ2) is 6.77. The largest absolute Gasteiger partial charge is 0.454 e. The van der Waals surface area contributed by atoms with Crippen LogP contribution in [0.2, 0.25) is 0 Å². The van der Waals surface area contributed by atoms with Gasteiger partial charge in [-0.3, -0.25) is 5.41 Å². The highest BCUT2D eigenvalue weighted by molar-refractivity contribution is 6.04. The lowest BCUT2D eigenvalue weighted by Crippen LogP contribution is -2.57. The summed E-state index contributed by atoms with van der Waals surface area (Å²) in [7, 11) is 0. The maximum atomic E-state index is 8.69. The van der Waals surface area contributed by atoms with Crippen LogP contribution in [-0.2, 0) is 13.1 Å². The Hall–Kier alpha value is -3.99. The zero-order valence-corrected chi connectivity index (χ0v) is 16.3. The third-order valence-electron chi connectivity index (χ3n) is 5.46. The number of ether oxygens (including phenoxy) is 4. The van der Waals surface area contributed by atoms with Crippen LogP contribution in [0.1, 0.15) is 11.1 Å². The van der Waals surface area contributed by atoms with Crippen LogP contribution in [0.5, 0.6) is 23.0 Å². The molecule has 2 aromatic carbocycles. The molecule has 11 nitrogen and oxygen atoms in total. The molecule has 6 rings (SSSR count). The second-order valence-corrected chi connectivity index (χ2v) is 7.33. The molecule has 158 valence electrons. The maximum absolute atomic E-state index is 8.69. The number of rotatable bonds is 4. The van der Waals surface area contributed by atoms with Gasteiger partial charge < -0.3 is 34.5 Å². The fourth-order valence-electron chi connectivity index (χ4n) is 3.87. The Morgan fingerprint density at radius 2 is 1.42 bits per heavy atom. The number of benzene rings is 2. The molecule has 1 unspecified atom stereocenters. The summed E-state index contributed by atoms with van der Waals surface area (Å²) in [6, 6.07) is 11.3. The third kappa shape index (κ3) is 2.89. The van der Waals surface area contributed by atoms with Crippen molar-refractivity contribution in [3.63, 3.8) is 0 Å². The molecule has 4 heterocycles. The molecular formula is C20H18N6O5. The molecule has 1 aromatic heterocycles. The smallest absolute Gasteiger partial charge is 0.231 e. The van der Waals surface area contributed by atoms with E-state index in [0.717, 1.165) is 11.1 Å². The first-order chi connectivity index (χ1) is 15.2. The zero-order chi connectivity index (χ0) is 20.9. The minimum absolute atomic E-state index is 0.182. The Morgan fingerprint density at radius 1 is 0.839 bits per heavy atom. The highest BCUT2D eigenvalue weighted by Gasteiger charge is 2.38. The normalized spacial score (nSPS) is 18.5. The van der Waals surface area contributed by atoms with Gasteiger partial charge in [0.25, 0.3) is 0 Å². The van der Waals surface area contributed by atoms with Gasteiger partial charge in [0.1, 0.15) is 12.0 Å². The van der Waals surface area contributed by atoms with Crippen molar-refractivity contribution < 1.29 is 23.6 Å². The first-order valence-electron chi connectivity index (χ1n) is 9.65. The van der Waals surface area contributed by atoms with Gasteiger partial charge in [-0.1, -0.05) is 12.1 Å². The molecule has 0 saturated carbocycles. The molecule has 3 aromatic rings. The number of anilines is 2. The average Bonchev–Trinajstić information content (AvgIpc) is 3.53. The van der Waals surface area contributed by atoms with Crippen LogP contribution in [0.4, 0.5) is 11.6 Å². The van der Waals surface area contributed by atoms with Crippen molar-refractivity contribution in [2.75, 3.05) is 23.4 Å². The first-order valence-corrected chi connectivity index (χ1v) is 9.65. The topological polar surface area (TPSA) is 132 Å². The van der Waals surface area contributed by atoms with Gasteiger partial charge in [-0.15, -0.1) is 0 Å². The summed E-state index contributed by atoms with van der Waals surface area (Å²) in [4.78, 5) is 3.46. The van der Waals surface area contributed by atoms with E-state index in [-0.39, 0.29) is 19.4 Å². The van der Waals surface area contributed by atoms with E-state index in [2.05, 4.69) is 10.3 Å². The SMILES string of the molecule is N=C1C(N)N(Cc2ccc3c(c2)OCO3)c2nonc2N1Cc1ccc2c(c1)OCO2. The molecule has 0 radical (unpaired) electrons. The van der Waals surface area contributed by atoms with Crippen LogP contribution in [0, 0.1) is 5.41 Å². The lowest BCUT2D eigenvalue weighted by Gasteiger charge is -2.38. The molecule has 3 N–H and O–H groups in total. The molecule has 31 heavy (non-hydrogen) atoms. The van der Waals surface area contributed by atoms with Crippen molar-refractivity contribution >= 4 is 17.5 Å². The predicted octanol–water partition coefficient (Wildman–Crippen LogP) is 1.82. The molecule has 0 saturated heterocycles. The predicted molar refractivity (Wildman–Crippen MR) is 107 cm³/mol. The van der Waals surface area contributed by atoms with Crippen molar-refractivity contribution in [3.8, 4) is 23.0 Å². The molecule has 0 fully saturated rings. The van der Waals surface area contributed by atoms with Crippen molar-refractivity contribution in [1.29, 1.82) is 5.41 Å². The number of nitrogens with one attached hydrogen (secondary N) is 1. The molecule has 0 amide bonds. The average molecular weight is 422 g/mol. The van der Waals surface area contributed by atoms with Crippen LogP contribution in [0.15, 0.2) is 41.0 Å². The van der Waals surface area contributed by atoms with Gasteiger partial charge in [0.05, 0.1) is 6.54 Å². The Labute approximate surface area is 176 Å². The number of aromatic nitrogens is 2. The molecule has 0 aliphatic carbocycles. The fourth-order valence-corrected chi connectivity index (χ4v) is 3.87. The van der Waals surface area contributed by atoms with Crippen molar-refractivity contribution in [1.82, 2.24) is 10.3 Å². The molecule has 11 heteroatoms. The van der Waals surface area contributed by atoms with E-state index in [1.807, 2.05) is 36.4 Å². The van der Waals surface area contributed by atoms with E-state index in [1.54, 1.807) is 9.80 Å². The Balaban J connectivity index is 1.29. The van der Waals surface area contributed by atoms with Crippen LogP contribution < -0.4 is 34.5 Å². The number of hydrogen-bond donors (Lipinski definition) is 2. The standard InChI is InChI=1S/C20H18N6O5/c21-17-18(22)26(8-12-2-4-14-16(6-12)30-10-28-14)20-19(23-31-24-20)25(17)7-11-1-3-13-15(5-11)29-9-27-13/h1-6,17,22H,7-10,21H2. The van der Waals surface area contributed by atoms with Gasteiger partial charge in [-0.05, 0) is 45.7 Å². The number of hydrogen-bond acceptors (Lipinski definition) is 10. The minimum atomic E-state index is -0.737. The summed E-state index contributed by atoms with van der Waals surface area (Å²) in [5.74, 6) is 3.86. The Kier molecular flexibility index (Phi) is 3.90. The number of nitrogens with two attached hydrogens (primary N) is 1. The van der Waals surface area contributed by atoms with E-state index >= 15 is 0 Å². The summed E-state index contributed by atoms with van der Waals surface area (Å²) in [5.41, 5.74) is 8.29. The quantitative estimate of drug-likeness (QED) is 0.641. The van der Waals surface area contributed by atoms with Crippen molar-refractivity contribution in [3.05, 3.63) is 47.5 Å². The molecule has 0 bridgehead atoms. The monoisotopic (exact) mass is 422 g/mol. The summed E-state index contributed by atoms with van der Waals surface area (Å²) in [6.07, 6.45) is -0.737. The molecular weight excluding hydrogens is 404 g/mol. The highest BCUT2D eigenvalue weighted by Crippen LogP contribution is 2.38. The van der Waals surface area contributed by atoms with E-state index in [0.29, 0.717) is 47.7 Å². The van der Waals surface area contributed by atoms with E-state index in [4.69, 9.17) is 34.7 Å². The summed E-state index contributed by atoms with van der Waals surface area (Å²) in [5, 5.41) is 16.8. The molecule has 3 aliphatic rings. The molecule has 0 spiro atoms. The molecule has 3 aliphatic heterocycles. The van der Waals surface area contributed by atoms with Gasteiger partial charge in [0, 0.05) is 6.54 Å². The van der Waals surface area contributed by atoms with Crippen LogP contribution in [0.3, 0.4) is 0 Å². The van der Waals surface area contributed by atoms with Crippen LogP contribution in [0.25, 0.3) is 0 Å². The van der Waals surface area contributed by atoms with Gasteiger partial charge in [-0.25, -0.2) is 4.63 Å². The van der Waals surface area contributed by atoms with E-state index in [9.17, 15) is 0 Å². The maximum Gasteiger partial charge on any atom is 0.231 e. The number of nitrogens with zero attached hydrogens (tertiary/aromatic N) is 4. The molecule has 1 atom stereocenters. The number of fused-ring (bicyclic) bond motifs is 3. The van der Waals surface area contributed by atoms with Crippen molar-refractivity contribution in [2.24, 2.45) is 5.73 Å². The van der Waals surface area contributed by atoms with Crippen LogP contribution in [-0.4, -0.2) is 35.9 Å². The van der Waals surface area contributed by atoms with Crippen molar-refractivity contribution in [2.45, 2.75) is 19.3 Å². The van der Waals surface area contributed by atoms with Gasteiger partial charge in [-0.2, -0.15) is 0 Å². The fraction of sp³-hybridized carbons (Fsp3) is 0.250. The second-order valence-electron chi connectivity index (χ2n) is 7.33. The van der Waals surface area contributed by atoms with Crippen LogP contribution >= 0.6 is 0 Å². The van der Waals surface area contributed by atoms with E-state index < -0.39 is 6.17 Å². The highest BCUT2D eigenvalue weighted by atomic mass is 16.7.